The molecule has 0 saturated heterocycles. The summed E-state index contributed by atoms with van der Waals surface area (Å²) >= 11 is 0. The monoisotopic (exact) mass is 377 g/mol. The summed E-state index contributed by atoms with van der Waals surface area (Å²) in [6.45, 7) is 1.68. The van der Waals surface area contributed by atoms with E-state index in [-0.39, 0.29) is 5.88 Å². The number of aromatic nitrogens is 4. The van der Waals surface area contributed by atoms with E-state index in [4.69, 9.17) is 13.8 Å². The lowest BCUT2D eigenvalue weighted by atomic mass is 10.1. The Morgan fingerprint density at radius 1 is 1.14 bits per heavy atom. The maximum atomic E-state index is 12.9. The molecule has 1 amide bonds. The SMILES string of the molecule is COc1nc(-c2cnoc2)ncc1NC(=O)c1c(-c2ccccc2)noc1C. The third-order valence-corrected chi connectivity index (χ3v) is 4.02. The molecule has 9 nitrogen and oxygen atoms in total. The van der Waals surface area contributed by atoms with Gasteiger partial charge in [0.15, 0.2) is 5.82 Å². The lowest BCUT2D eigenvalue weighted by Crippen LogP contribution is -2.15. The summed E-state index contributed by atoms with van der Waals surface area (Å²) in [6.07, 6.45) is 4.36. The third-order valence-electron chi connectivity index (χ3n) is 4.02. The highest BCUT2D eigenvalue weighted by atomic mass is 16.5. The maximum Gasteiger partial charge on any atom is 0.261 e. The van der Waals surface area contributed by atoms with Gasteiger partial charge in [-0.05, 0) is 6.92 Å². The van der Waals surface area contributed by atoms with Gasteiger partial charge in [-0.1, -0.05) is 40.6 Å². The van der Waals surface area contributed by atoms with Crippen LogP contribution in [0.4, 0.5) is 5.69 Å². The summed E-state index contributed by atoms with van der Waals surface area (Å²) in [7, 11) is 1.45. The van der Waals surface area contributed by atoms with Crippen molar-refractivity contribution in [1.29, 1.82) is 0 Å². The molecule has 3 aromatic heterocycles. The molecular weight excluding hydrogens is 362 g/mol. The average molecular weight is 377 g/mol. The van der Waals surface area contributed by atoms with E-state index in [0.717, 1.165) is 5.56 Å². The summed E-state index contributed by atoms with van der Waals surface area (Å²) in [5.74, 6) is 0.562. The lowest BCUT2D eigenvalue weighted by Gasteiger charge is -2.10. The molecule has 0 aliphatic heterocycles. The first-order valence-corrected chi connectivity index (χ1v) is 8.31. The van der Waals surface area contributed by atoms with Gasteiger partial charge in [-0.2, -0.15) is 4.98 Å². The number of rotatable bonds is 5. The van der Waals surface area contributed by atoms with E-state index >= 15 is 0 Å². The Labute approximate surface area is 159 Å². The molecule has 0 aliphatic carbocycles. The minimum atomic E-state index is -0.405. The zero-order valence-corrected chi connectivity index (χ0v) is 15.0. The highest BCUT2D eigenvalue weighted by Crippen LogP contribution is 2.28. The number of aryl methyl sites for hydroxylation is 1. The standard InChI is InChI=1S/C19H15N5O4/c1-11-15(16(24-28-11)12-6-4-3-5-7-12)18(25)22-14-9-20-17(23-19(14)26-2)13-8-21-27-10-13/h3-10H,1-2H3,(H,22,25). The Balaban J connectivity index is 1.65. The number of ether oxygens (including phenoxy) is 1. The van der Waals surface area contributed by atoms with Gasteiger partial charge in [0.1, 0.15) is 29.0 Å². The van der Waals surface area contributed by atoms with Crippen molar-refractivity contribution in [3.8, 4) is 28.5 Å². The van der Waals surface area contributed by atoms with Gasteiger partial charge in [0.05, 0.1) is 25.1 Å². The molecule has 0 atom stereocenters. The number of methoxy groups -OCH3 is 1. The molecule has 0 unspecified atom stereocenters. The van der Waals surface area contributed by atoms with Gasteiger partial charge in [0.2, 0.25) is 5.88 Å². The Morgan fingerprint density at radius 2 is 1.96 bits per heavy atom. The van der Waals surface area contributed by atoms with Crippen molar-refractivity contribution in [3.05, 3.63) is 60.3 Å². The molecule has 9 heteroatoms. The first-order valence-electron chi connectivity index (χ1n) is 8.31. The average Bonchev–Trinajstić information content (AvgIpc) is 3.39. The molecule has 3 heterocycles. The Bertz CT molecular complexity index is 1110. The van der Waals surface area contributed by atoms with Crippen LogP contribution in [-0.4, -0.2) is 33.3 Å². The van der Waals surface area contributed by atoms with E-state index in [9.17, 15) is 4.79 Å². The van der Waals surface area contributed by atoms with Gasteiger partial charge in [-0.25, -0.2) is 4.98 Å². The predicted octanol–water partition coefficient (Wildman–Crippen LogP) is 3.36. The van der Waals surface area contributed by atoms with Crippen molar-refractivity contribution < 1.29 is 18.6 Å². The van der Waals surface area contributed by atoms with Crippen LogP contribution in [0.5, 0.6) is 5.88 Å². The summed E-state index contributed by atoms with van der Waals surface area (Å²) in [5.41, 5.74) is 2.47. The molecule has 0 spiro atoms. The van der Waals surface area contributed by atoms with Crippen molar-refractivity contribution in [1.82, 2.24) is 20.3 Å². The second-order valence-corrected chi connectivity index (χ2v) is 5.81. The summed E-state index contributed by atoms with van der Waals surface area (Å²) in [6, 6.07) is 9.31. The predicted molar refractivity (Wildman–Crippen MR) is 98.7 cm³/mol. The second-order valence-electron chi connectivity index (χ2n) is 5.81. The number of nitrogens with zero attached hydrogens (tertiary/aromatic N) is 4. The number of amides is 1. The van der Waals surface area contributed by atoms with Crippen LogP contribution in [-0.2, 0) is 0 Å². The second kappa shape index (κ2) is 7.31. The summed E-state index contributed by atoms with van der Waals surface area (Å²) in [4.78, 5) is 21.4. The first-order chi connectivity index (χ1) is 13.7. The number of anilines is 1. The molecule has 140 valence electrons. The fourth-order valence-corrected chi connectivity index (χ4v) is 2.68. The van der Waals surface area contributed by atoms with E-state index in [1.54, 1.807) is 6.92 Å². The molecule has 0 bridgehead atoms. The van der Waals surface area contributed by atoms with E-state index in [1.807, 2.05) is 30.3 Å². The fraction of sp³-hybridized carbons (Fsp3) is 0.105. The first kappa shape index (κ1) is 17.4. The van der Waals surface area contributed by atoms with E-state index in [2.05, 4.69) is 25.6 Å². The van der Waals surface area contributed by atoms with Gasteiger partial charge in [-0.15, -0.1) is 0 Å². The van der Waals surface area contributed by atoms with Gasteiger partial charge in [0.25, 0.3) is 5.91 Å². The minimum absolute atomic E-state index is 0.204. The number of carbonyl (C=O) groups is 1. The van der Waals surface area contributed by atoms with Crippen LogP contribution >= 0.6 is 0 Å². The number of carbonyl (C=O) groups excluding carboxylic acids is 1. The van der Waals surface area contributed by atoms with Crippen molar-refractivity contribution >= 4 is 11.6 Å². The normalized spacial score (nSPS) is 10.6. The van der Waals surface area contributed by atoms with E-state index < -0.39 is 5.91 Å². The van der Waals surface area contributed by atoms with Crippen molar-refractivity contribution in [2.45, 2.75) is 6.92 Å². The quantitative estimate of drug-likeness (QED) is 0.563. The molecule has 28 heavy (non-hydrogen) atoms. The number of hydrogen-bond donors (Lipinski definition) is 1. The van der Waals surface area contributed by atoms with Crippen molar-refractivity contribution in [2.24, 2.45) is 0 Å². The molecule has 1 aromatic carbocycles. The van der Waals surface area contributed by atoms with E-state index in [0.29, 0.717) is 34.1 Å². The van der Waals surface area contributed by atoms with Gasteiger partial charge >= 0.3 is 0 Å². The van der Waals surface area contributed by atoms with Crippen LogP contribution in [0, 0.1) is 6.92 Å². The van der Waals surface area contributed by atoms with Crippen molar-refractivity contribution in [3.63, 3.8) is 0 Å². The van der Waals surface area contributed by atoms with Crippen LogP contribution in [0.15, 0.2) is 58.0 Å². The van der Waals surface area contributed by atoms with Gasteiger partial charge in [-0.3, -0.25) is 4.79 Å². The van der Waals surface area contributed by atoms with Crippen LogP contribution < -0.4 is 10.1 Å². The zero-order valence-electron chi connectivity index (χ0n) is 15.0. The summed E-state index contributed by atoms with van der Waals surface area (Å²) < 4.78 is 15.3. The molecule has 1 N–H and O–H groups in total. The molecule has 4 rings (SSSR count). The lowest BCUT2D eigenvalue weighted by molar-refractivity contribution is 0.102. The fourth-order valence-electron chi connectivity index (χ4n) is 2.68. The van der Waals surface area contributed by atoms with Crippen molar-refractivity contribution in [2.75, 3.05) is 12.4 Å². The Kier molecular flexibility index (Phi) is 4.55. The summed E-state index contributed by atoms with van der Waals surface area (Å²) in [5, 5.41) is 10.4. The third kappa shape index (κ3) is 3.20. The minimum Gasteiger partial charge on any atom is -0.479 e. The van der Waals surface area contributed by atoms with Crippen LogP contribution in [0.2, 0.25) is 0 Å². The largest absolute Gasteiger partial charge is 0.479 e. The van der Waals surface area contributed by atoms with Gasteiger partial charge in [0, 0.05) is 5.56 Å². The Morgan fingerprint density at radius 3 is 2.68 bits per heavy atom. The maximum absolute atomic E-state index is 12.9. The smallest absolute Gasteiger partial charge is 0.261 e. The molecule has 0 saturated carbocycles. The highest BCUT2D eigenvalue weighted by molar-refractivity contribution is 6.09. The highest BCUT2D eigenvalue weighted by Gasteiger charge is 2.23. The topological polar surface area (TPSA) is 116 Å². The molecule has 0 aliphatic rings. The molecule has 4 aromatic rings. The van der Waals surface area contributed by atoms with Gasteiger partial charge < -0.3 is 19.1 Å². The van der Waals surface area contributed by atoms with E-state index in [1.165, 1.54) is 25.8 Å². The van der Waals surface area contributed by atoms with Crippen LogP contribution in [0.25, 0.3) is 22.6 Å². The zero-order chi connectivity index (χ0) is 19.5. The van der Waals surface area contributed by atoms with Crippen LogP contribution in [0.3, 0.4) is 0 Å². The number of hydrogen-bond acceptors (Lipinski definition) is 8. The van der Waals surface area contributed by atoms with Crippen LogP contribution in [0.1, 0.15) is 16.1 Å². The number of nitrogens with one attached hydrogen (secondary N) is 1. The molecular formula is C19H15N5O4. The molecule has 0 radical (unpaired) electrons. The number of benzene rings is 1. The Hall–Kier alpha value is -4.01. The molecule has 0 fully saturated rings.